The topological polar surface area (TPSA) is 45.7 Å². The zero-order chi connectivity index (χ0) is 20.2. The van der Waals surface area contributed by atoms with Crippen LogP contribution in [0.25, 0.3) is 10.9 Å². The van der Waals surface area contributed by atoms with E-state index in [0.29, 0.717) is 31.2 Å². The maximum absolute atomic E-state index is 12.8. The van der Waals surface area contributed by atoms with Gasteiger partial charge < -0.3 is 14.5 Å². The number of carbonyl (C=O) groups is 1. The Morgan fingerprint density at radius 2 is 1.69 bits per heavy atom. The zero-order valence-corrected chi connectivity index (χ0v) is 17.0. The van der Waals surface area contributed by atoms with Crippen LogP contribution in [0.5, 0.6) is 5.75 Å². The Balaban J connectivity index is 1.36. The zero-order valence-electron chi connectivity index (χ0n) is 17.0. The highest BCUT2D eigenvalue weighted by molar-refractivity contribution is 5.94. The molecule has 0 spiro atoms. The molecule has 4 rings (SSSR count). The van der Waals surface area contributed by atoms with Gasteiger partial charge in [-0.05, 0) is 48.4 Å². The normalized spacial score (nSPS) is 14.4. The van der Waals surface area contributed by atoms with Gasteiger partial charge >= 0.3 is 0 Å². The van der Waals surface area contributed by atoms with Crippen molar-refractivity contribution in [3.05, 3.63) is 66.2 Å². The van der Waals surface area contributed by atoms with E-state index in [9.17, 15) is 4.79 Å². The van der Waals surface area contributed by atoms with Gasteiger partial charge in [0, 0.05) is 37.1 Å². The first-order chi connectivity index (χ1) is 14.1. The van der Waals surface area contributed by atoms with Crippen LogP contribution in [-0.4, -0.2) is 48.6 Å². The molecular formula is C24H27N3O2. The minimum atomic E-state index is 0.0755. The SMILES string of the molecule is CC(C)COc1ccc(C(=O)N2CCN(c3ccc4ccccc4n3)CC2)cc1. The fourth-order valence-corrected chi connectivity index (χ4v) is 3.51. The van der Waals surface area contributed by atoms with Crippen LogP contribution in [0, 0.1) is 5.92 Å². The highest BCUT2D eigenvalue weighted by Gasteiger charge is 2.23. The summed E-state index contributed by atoms with van der Waals surface area (Å²) in [6.45, 7) is 7.87. The molecule has 150 valence electrons. The summed E-state index contributed by atoms with van der Waals surface area (Å²) in [4.78, 5) is 21.8. The number of pyridine rings is 1. The van der Waals surface area contributed by atoms with Gasteiger partial charge in [-0.3, -0.25) is 4.79 Å². The molecule has 5 heteroatoms. The Kier molecular flexibility index (Phi) is 5.65. The molecule has 1 amide bonds. The molecule has 1 aliphatic heterocycles. The summed E-state index contributed by atoms with van der Waals surface area (Å²) in [5.74, 6) is 2.33. The summed E-state index contributed by atoms with van der Waals surface area (Å²) in [6.07, 6.45) is 0. The Morgan fingerprint density at radius 3 is 2.41 bits per heavy atom. The number of anilines is 1. The smallest absolute Gasteiger partial charge is 0.253 e. The molecule has 0 aliphatic carbocycles. The van der Waals surface area contributed by atoms with E-state index in [1.165, 1.54) is 0 Å². The average molecular weight is 389 g/mol. The monoisotopic (exact) mass is 389 g/mol. The van der Waals surface area contributed by atoms with E-state index in [1.54, 1.807) is 0 Å². The van der Waals surface area contributed by atoms with Crippen LogP contribution in [0.1, 0.15) is 24.2 Å². The van der Waals surface area contributed by atoms with E-state index in [0.717, 1.165) is 35.6 Å². The van der Waals surface area contributed by atoms with E-state index >= 15 is 0 Å². The van der Waals surface area contributed by atoms with Crippen molar-refractivity contribution in [2.45, 2.75) is 13.8 Å². The maximum Gasteiger partial charge on any atom is 0.253 e. The first kappa shape index (κ1) is 19.2. The highest BCUT2D eigenvalue weighted by Crippen LogP contribution is 2.20. The fraction of sp³-hybridized carbons (Fsp3) is 0.333. The molecular weight excluding hydrogens is 362 g/mol. The van der Waals surface area contributed by atoms with Gasteiger partial charge in [0.15, 0.2) is 0 Å². The summed E-state index contributed by atoms with van der Waals surface area (Å²) in [5, 5.41) is 1.14. The van der Waals surface area contributed by atoms with Crippen LogP contribution in [0.2, 0.25) is 0 Å². The van der Waals surface area contributed by atoms with Crippen molar-refractivity contribution in [2.24, 2.45) is 5.92 Å². The van der Waals surface area contributed by atoms with Gasteiger partial charge in [0.2, 0.25) is 0 Å². The average Bonchev–Trinajstić information content (AvgIpc) is 2.77. The fourth-order valence-electron chi connectivity index (χ4n) is 3.51. The van der Waals surface area contributed by atoms with Crippen molar-refractivity contribution < 1.29 is 9.53 Å². The van der Waals surface area contributed by atoms with E-state index in [-0.39, 0.29) is 5.91 Å². The molecule has 1 aromatic heterocycles. The van der Waals surface area contributed by atoms with Crippen LogP contribution < -0.4 is 9.64 Å². The van der Waals surface area contributed by atoms with Crippen molar-refractivity contribution in [3.63, 3.8) is 0 Å². The lowest BCUT2D eigenvalue weighted by atomic mass is 10.1. The van der Waals surface area contributed by atoms with Gasteiger partial charge in [0.05, 0.1) is 12.1 Å². The van der Waals surface area contributed by atoms with Crippen LogP contribution in [0.4, 0.5) is 5.82 Å². The molecule has 1 fully saturated rings. The summed E-state index contributed by atoms with van der Waals surface area (Å²) < 4.78 is 5.70. The van der Waals surface area contributed by atoms with E-state index in [1.807, 2.05) is 47.4 Å². The van der Waals surface area contributed by atoms with Gasteiger partial charge in [-0.2, -0.15) is 0 Å². The number of benzene rings is 2. The molecule has 2 heterocycles. The molecule has 2 aromatic carbocycles. The molecule has 3 aromatic rings. The molecule has 0 atom stereocenters. The summed E-state index contributed by atoms with van der Waals surface area (Å²) >= 11 is 0. The third-order valence-corrected chi connectivity index (χ3v) is 5.16. The number of para-hydroxylation sites is 1. The molecule has 0 N–H and O–H groups in total. The predicted octanol–water partition coefficient (Wildman–Crippen LogP) is 4.23. The second kappa shape index (κ2) is 8.52. The Bertz CT molecular complexity index is 977. The van der Waals surface area contributed by atoms with Crippen molar-refractivity contribution in [2.75, 3.05) is 37.7 Å². The third-order valence-electron chi connectivity index (χ3n) is 5.16. The van der Waals surface area contributed by atoms with Crippen molar-refractivity contribution in [1.29, 1.82) is 0 Å². The number of nitrogens with zero attached hydrogens (tertiary/aromatic N) is 3. The van der Waals surface area contributed by atoms with Crippen LogP contribution in [-0.2, 0) is 0 Å². The number of hydrogen-bond donors (Lipinski definition) is 0. The van der Waals surface area contributed by atoms with Crippen LogP contribution in [0.15, 0.2) is 60.7 Å². The molecule has 1 aliphatic rings. The second-order valence-electron chi connectivity index (χ2n) is 7.87. The lowest BCUT2D eigenvalue weighted by Crippen LogP contribution is -2.49. The predicted molar refractivity (Wildman–Crippen MR) is 117 cm³/mol. The third kappa shape index (κ3) is 4.50. The van der Waals surface area contributed by atoms with E-state index in [4.69, 9.17) is 9.72 Å². The summed E-state index contributed by atoms with van der Waals surface area (Å²) in [5.41, 5.74) is 1.71. The van der Waals surface area contributed by atoms with Crippen molar-refractivity contribution in [1.82, 2.24) is 9.88 Å². The number of fused-ring (bicyclic) bond motifs is 1. The van der Waals surface area contributed by atoms with E-state index < -0.39 is 0 Å². The quantitative estimate of drug-likeness (QED) is 0.655. The molecule has 0 radical (unpaired) electrons. The van der Waals surface area contributed by atoms with Gasteiger partial charge in [-0.1, -0.05) is 32.0 Å². The Hall–Kier alpha value is -3.08. The number of carbonyl (C=O) groups excluding carboxylic acids is 1. The van der Waals surface area contributed by atoms with E-state index in [2.05, 4.69) is 36.9 Å². The van der Waals surface area contributed by atoms with Crippen LogP contribution in [0.3, 0.4) is 0 Å². The molecule has 1 saturated heterocycles. The number of ether oxygens (including phenoxy) is 1. The van der Waals surface area contributed by atoms with Gasteiger partial charge in [0.25, 0.3) is 5.91 Å². The number of rotatable bonds is 5. The molecule has 0 bridgehead atoms. The first-order valence-electron chi connectivity index (χ1n) is 10.2. The standard InChI is InChI=1S/C24H27N3O2/c1-18(2)17-29-21-10-7-20(8-11-21)24(28)27-15-13-26(14-16-27)23-12-9-19-5-3-4-6-22(19)25-23/h3-12,18H,13-17H2,1-2H3. The Labute approximate surface area is 171 Å². The largest absolute Gasteiger partial charge is 0.493 e. The molecule has 5 nitrogen and oxygen atoms in total. The minimum absolute atomic E-state index is 0.0755. The second-order valence-corrected chi connectivity index (χ2v) is 7.87. The molecule has 0 saturated carbocycles. The summed E-state index contributed by atoms with van der Waals surface area (Å²) in [6, 6.07) is 19.8. The van der Waals surface area contributed by atoms with Gasteiger partial charge in [-0.25, -0.2) is 4.98 Å². The van der Waals surface area contributed by atoms with Gasteiger partial charge in [0.1, 0.15) is 11.6 Å². The number of hydrogen-bond acceptors (Lipinski definition) is 4. The van der Waals surface area contributed by atoms with Crippen LogP contribution >= 0.6 is 0 Å². The minimum Gasteiger partial charge on any atom is -0.493 e. The van der Waals surface area contributed by atoms with Crippen molar-refractivity contribution >= 4 is 22.6 Å². The highest BCUT2D eigenvalue weighted by atomic mass is 16.5. The number of amides is 1. The number of aromatic nitrogens is 1. The molecule has 29 heavy (non-hydrogen) atoms. The molecule has 0 unspecified atom stereocenters. The lowest BCUT2D eigenvalue weighted by molar-refractivity contribution is 0.0746. The maximum atomic E-state index is 12.8. The summed E-state index contributed by atoms with van der Waals surface area (Å²) in [7, 11) is 0. The lowest BCUT2D eigenvalue weighted by Gasteiger charge is -2.35. The number of piperazine rings is 1. The van der Waals surface area contributed by atoms with Gasteiger partial charge in [-0.15, -0.1) is 0 Å². The first-order valence-corrected chi connectivity index (χ1v) is 10.2. The Morgan fingerprint density at radius 1 is 0.966 bits per heavy atom. The van der Waals surface area contributed by atoms with Crippen molar-refractivity contribution in [3.8, 4) is 5.75 Å².